The van der Waals surface area contributed by atoms with E-state index in [2.05, 4.69) is 29.2 Å². The lowest BCUT2D eigenvalue weighted by Crippen LogP contribution is -2.56. The lowest BCUT2D eigenvalue weighted by molar-refractivity contribution is -0.131. The van der Waals surface area contributed by atoms with Crippen LogP contribution in [-0.2, 0) is 29.1 Å². The fourth-order valence-corrected chi connectivity index (χ4v) is 8.79. The highest BCUT2D eigenvalue weighted by atomic mass is 32.2. The summed E-state index contributed by atoms with van der Waals surface area (Å²) in [5.74, 6) is -3.48. The number of Topliss-reactive ketones (excluding diaryl/α,β-unsaturated/α-hetero) is 1. The van der Waals surface area contributed by atoms with E-state index in [9.17, 15) is 41.9 Å². The number of hydrogen-bond donors (Lipinski definition) is 4. The minimum absolute atomic E-state index is 0.0544. The molecule has 288 valence electrons. The van der Waals surface area contributed by atoms with Gasteiger partial charge in [-0.2, -0.15) is 0 Å². The van der Waals surface area contributed by atoms with E-state index >= 15 is 0 Å². The SMILES string of the molecule is CC1CC/C=C\[C@@H]2C[C@@]2(C(=O)NS(=O)(=O)C2(C)CC2)NC(=O)[C@@H]2C[C@@H](N(C(=O)O)C3=CC=C(F)C(=O)[C@H]3NC(=O)OC(C)(C)C)CN2CC[C@H](C)C1. The van der Waals surface area contributed by atoms with Crippen LogP contribution in [-0.4, -0.2) is 100 Å². The highest BCUT2D eigenvalue weighted by Crippen LogP contribution is 2.47. The van der Waals surface area contributed by atoms with Crippen molar-refractivity contribution in [3.8, 4) is 0 Å². The van der Waals surface area contributed by atoms with Crippen molar-refractivity contribution in [2.24, 2.45) is 17.8 Å². The van der Waals surface area contributed by atoms with Crippen molar-refractivity contribution in [3.63, 3.8) is 0 Å². The highest BCUT2D eigenvalue weighted by molar-refractivity contribution is 7.91. The van der Waals surface area contributed by atoms with Gasteiger partial charge in [0.1, 0.15) is 17.2 Å². The first-order valence-corrected chi connectivity index (χ1v) is 19.6. The van der Waals surface area contributed by atoms with Gasteiger partial charge >= 0.3 is 12.2 Å². The molecule has 4 amide bonds. The summed E-state index contributed by atoms with van der Waals surface area (Å²) in [6, 6.07) is -3.57. The first-order chi connectivity index (χ1) is 24.2. The van der Waals surface area contributed by atoms with E-state index in [1.54, 1.807) is 27.7 Å². The number of amides is 4. The number of carbonyl (C=O) groups is 5. The average molecular weight is 750 g/mol. The second-order valence-corrected chi connectivity index (χ2v) is 18.7. The molecule has 4 N–H and O–H groups in total. The van der Waals surface area contributed by atoms with Crippen molar-refractivity contribution in [2.75, 3.05) is 13.1 Å². The van der Waals surface area contributed by atoms with E-state index in [0.29, 0.717) is 31.7 Å². The van der Waals surface area contributed by atoms with E-state index in [1.165, 1.54) is 0 Å². The number of rotatable bonds is 6. The maximum atomic E-state index is 14.6. The Balaban J connectivity index is 1.45. The Bertz CT molecular complexity index is 1680. The van der Waals surface area contributed by atoms with E-state index in [0.717, 1.165) is 36.3 Å². The second kappa shape index (κ2) is 14.6. The molecule has 0 aromatic rings. The molecule has 0 bridgehead atoms. The minimum Gasteiger partial charge on any atom is -0.465 e. The van der Waals surface area contributed by atoms with Crippen LogP contribution in [0.1, 0.15) is 92.9 Å². The average Bonchev–Trinajstić information content (AvgIpc) is 3.90. The predicted octanol–water partition coefficient (Wildman–Crippen LogP) is 3.90. The molecule has 52 heavy (non-hydrogen) atoms. The molecule has 1 saturated heterocycles. The Morgan fingerprint density at radius 1 is 1.10 bits per heavy atom. The van der Waals surface area contributed by atoms with Crippen molar-refractivity contribution in [1.82, 2.24) is 25.2 Å². The third-order valence-electron chi connectivity index (χ3n) is 10.9. The zero-order chi connectivity index (χ0) is 38.4. The number of carbonyl (C=O) groups excluding carboxylic acids is 4. The quantitative estimate of drug-likeness (QED) is 0.290. The molecule has 0 spiro atoms. The van der Waals surface area contributed by atoms with Gasteiger partial charge in [-0.05, 0) is 110 Å². The largest absolute Gasteiger partial charge is 0.465 e. The maximum Gasteiger partial charge on any atom is 0.411 e. The van der Waals surface area contributed by atoms with Crippen LogP contribution in [0.2, 0.25) is 0 Å². The lowest BCUT2D eigenvalue weighted by Gasteiger charge is -2.34. The van der Waals surface area contributed by atoms with Gasteiger partial charge in [0.15, 0.2) is 5.83 Å². The van der Waals surface area contributed by atoms with E-state index < -0.39 is 85.6 Å². The fourth-order valence-electron chi connectivity index (χ4n) is 7.47. The van der Waals surface area contributed by atoms with Crippen LogP contribution in [0.15, 0.2) is 35.8 Å². The normalized spacial score (nSPS) is 33.0. The molecule has 14 nitrogen and oxygen atoms in total. The third-order valence-corrected chi connectivity index (χ3v) is 13.1. The fraction of sp³-hybridized carbons (Fsp3) is 0.694. The van der Waals surface area contributed by atoms with Gasteiger partial charge in [0.25, 0.3) is 5.91 Å². The van der Waals surface area contributed by atoms with E-state index in [1.807, 2.05) is 17.1 Å². The van der Waals surface area contributed by atoms with Gasteiger partial charge in [0, 0.05) is 12.5 Å². The molecular weight excluding hydrogens is 697 g/mol. The molecule has 0 aromatic heterocycles. The highest BCUT2D eigenvalue weighted by Gasteiger charge is 2.63. The Labute approximate surface area is 304 Å². The van der Waals surface area contributed by atoms with Crippen LogP contribution in [0.25, 0.3) is 0 Å². The number of carboxylic acid groups (broad SMARTS) is 1. The number of fused-ring (bicyclic) bond motifs is 2. The van der Waals surface area contributed by atoms with Gasteiger partial charge in [0.05, 0.1) is 22.5 Å². The van der Waals surface area contributed by atoms with Crippen LogP contribution in [0, 0.1) is 17.8 Å². The van der Waals surface area contributed by atoms with Crippen molar-refractivity contribution in [1.29, 1.82) is 0 Å². The number of allylic oxidation sites excluding steroid dienone is 3. The molecule has 5 rings (SSSR count). The summed E-state index contributed by atoms with van der Waals surface area (Å²) in [4.78, 5) is 69.5. The number of ether oxygens (including phenoxy) is 1. The number of sulfonamides is 1. The molecule has 2 saturated carbocycles. The van der Waals surface area contributed by atoms with Gasteiger partial charge in [-0.15, -0.1) is 0 Å². The molecule has 5 aliphatic rings. The van der Waals surface area contributed by atoms with Crippen molar-refractivity contribution >= 4 is 39.8 Å². The van der Waals surface area contributed by atoms with Gasteiger partial charge < -0.3 is 20.5 Å². The molecule has 3 aliphatic carbocycles. The van der Waals surface area contributed by atoms with Gasteiger partial charge in [-0.1, -0.05) is 26.0 Å². The zero-order valence-corrected chi connectivity index (χ0v) is 31.6. The molecule has 2 aliphatic heterocycles. The topological polar surface area (TPSA) is 192 Å². The van der Waals surface area contributed by atoms with Gasteiger partial charge in [-0.25, -0.2) is 22.4 Å². The lowest BCUT2D eigenvalue weighted by atomic mass is 9.91. The first kappa shape index (κ1) is 39.4. The number of nitrogens with zero attached hydrogens (tertiary/aromatic N) is 2. The molecule has 2 heterocycles. The molecule has 16 heteroatoms. The standard InChI is InChI=1S/C36H52FN5O9S/c1-21-9-7-8-10-23-19-36(23,31(45)40-52(49,50)35(6)14-15-35)39-30(44)27-18-24(20-41(27)16-13-22(2)17-21)42(33(47)48)26-12-11-25(37)29(43)28(26)38-32(46)51-34(3,4)5/h8,10-12,21-24,27-28H,7,9,13-20H2,1-6H3,(H,38,46)(H,39,44)(H,40,45)(H,47,48)/b10-8-/t21?,22-,23+,24+,27-,28-,36+/m0/s1. The zero-order valence-electron chi connectivity index (χ0n) is 30.7. The van der Waals surface area contributed by atoms with Crippen LogP contribution < -0.4 is 15.4 Å². The van der Waals surface area contributed by atoms with Crippen LogP contribution in [0.3, 0.4) is 0 Å². The first-order valence-electron chi connectivity index (χ1n) is 18.1. The number of hydrogen-bond acceptors (Lipinski definition) is 9. The summed E-state index contributed by atoms with van der Waals surface area (Å²) in [6.07, 6.45) is 7.55. The summed E-state index contributed by atoms with van der Waals surface area (Å²) in [5.41, 5.74) is -2.68. The summed E-state index contributed by atoms with van der Waals surface area (Å²) in [7, 11) is -4.00. The summed E-state index contributed by atoms with van der Waals surface area (Å²) in [5, 5.41) is 15.7. The predicted molar refractivity (Wildman–Crippen MR) is 189 cm³/mol. The second-order valence-electron chi connectivity index (χ2n) is 16.5. The monoisotopic (exact) mass is 749 g/mol. The molecule has 3 fully saturated rings. The van der Waals surface area contributed by atoms with Crippen LogP contribution >= 0.6 is 0 Å². The van der Waals surface area contributed by atoms with Crippen molar-refractivity contribution in [3.05, 3.63) is 35.8 Å². The summed E-state index contributed by atoms with van der Waals surface area (Å²) >= 11 is 0. The molecule has 1 unspecified atom stereocenters. The number of halogens is 1. The third kappa shape index (κ3) is 8.53. The molecule has 7 atom stereocenters. The Morgan fingerprint density at radius 2 is 1.77 bits per heavy atom. The van der Waals surface area contributed by atoms with Crippen molar-refractivity contribution in [2.45, 2.75) is 127 Å². The number of alkyl carbamates (subject to hydrolysis) is 1. The van der Waals surface area contributed by atoms with Crippen LogP contribution in [0.4, 0.5) is 14.0 Å². The Kier molecular flexibility index (Phi) is 11.0. The summed E-state index contributed by atoms with van der Waals surface area (Å²) in [6.45, 7) is 11.1. The van der Waals surface area contributed by atoms with Gasteiger partial charge in [-0.3, -0.25) is 28.9 Å². The minimum atomic E-state index is -4.00. The number of ketones is 1. The molecule has 0 radical (unpaired) electrons. The molecular formula is C36H52FN5O9S. The Morgan fingerprint density at radius 3 is 2.40 bits per heavy atom. The van der Waals surface area contributed by atoms with Crippen LogP contribution in [0.5, 0.6) is 0 Å². The Hall–Kier alpha value is -3.79. The summed E-state index contributed by atoms with van der Waals surface area (Å²) < 4.78 is 47.2. The van der Waals surface area contributed by atoms with Crippen molar-refractivity contribution < 1.29 is 46.6 Å². The van der Waals surface area contributed by atoms with E-state index in [-0.39, 0.29) is 31.0 Å². The molecule has 0 aromatic carbocycles. The number of nitrogens with one attached hydrogen (secondary N) is 3. The smallest absolute Gasteiger partial charge is 0.411 e. The maximum absolute atomic E-state index is 14.6. The van der Waals surface area contributed by atoms with E-state index in [4.69, 9.17) is 4.74 Å². The van der Waals surface area contributed by atoms with Gasteiger partial charge in [0.2, 0.25) is 21.7 Å².